The van der Waals surface area contributed by atoms with Gasteiger partial charge in [0, 0.05) is 22.8 Å². The van der Waals surface area contributed by atoms with Crippen LogP contribution in [0.3, 0.4) is 0 Å². The molecule has 1 N–H and O–H groups in total. The Morgan fingerprint density at radius 2 is 2.00 bits per heavy atom. The molecule has 0 bridgehead atoms. The van der Waals surface area contributed by atoms with Gasteiger partial charge in [0.2, 0.25) is 5.82 Å². The maximum atomic E-state index is 12.6. The summed E-state index contributed by atoms with van der Waals surface area (Å²) in [4.78, 5) is 18.9. The molecule has 1 atom stereocenters. The van der Waals surface area contributed by atoms with E-state index in [-0.39, 0.29) is 6.03 Å². The molecule has 1 aliphatic heterocycles. The third kappa shape index (κ3) is 3.64. The minimum atomic E-state index is -0.455. The number of allylic oxidation sites excluding steroid dienone is 1. The van der Waals surface area contributed by atoms with E-state index in [0.29, 0.717) is 23.3 Å². The van der Waals surface area contributed by atoms with Crippen LogP contribution in [-0.2, 0) is 0 Å². The summed E-state index contributed by atoms with van der Waals surface area (Å²) in [5.41, 5.74) is 3.14. The van der Waals surface area contributed by atoms with E-state index in [1.165, 1.54) is 0 Å². The van der Waals surface area contributed by atoms with Crippen molar-refractivity contribution in [1.29, 1.82) is 0 Å². The van der Waals surface area contributed by atoms with Crippen LogP contribution in [-0.4, -0.2) is 34.7 Å². The molecule has 1 aromatic heterocycles. The molecule has 4 rings (SSSR count). The number of ether oxygens (including phenoxy) is 1. The predicted octanol–water partition coefficient (Wildman–Crippen LogP) is 4.92. The number of halogens is 1. The van der Waals surface area contributed by atoms with E-state index in [1.54, 1.807) is 18.1 Å². The average Bonchev–Trinajstić information content (AvgIpc) is 3.23. The summed E-state index contributed by atoms with van der Waals surface area (Å²) in [6.45, 7) is 4.31. The molecule has 2 heterocycles. The summed E-state index contributed by atoms with van der Waals surface area (Å²) in [6.07, 6.45) is 0. The number of aromatic nitrogens is 2. The fourth-order valence-electron chi connectivity index (χ4n) is 3.57. The molecule has 2 amide bonds. The third-order valence-electron chi connectivity index (χ3n) is 5.10. The van der Waals surface area contributed by atoms with Crippen LogP contribution in [0.25, 0.3) is 17.0 Å². The monoisotopic (exact) mass is 424 g/mol. The van der Waals surface area contributed by atoms with Gasteiger partial charge >= 0.3 is 6.03 Å². The van der Waals surface area contributed by atoms with Crippen molar-refractivity contribution >= 4 is 23.2 Å². The molecule has 8 heteroatoms. The van der Waals surface area contributed by atoms with Gasteiger partial charge in [-0.2, -0.15) is 4.98 Å². The van der Waals surface area contributed by atoms with Gasteiger partial charge in [-0.25, -0.2) is 4.79 Å². The van der Waals surface area contributed by atoms with Gasteiger partial charge in [0.05, 0.1) is 18.7 Å². The summed E-state index contributed by atoms with van der Waals surface area (Å²) in [6, 6.07) is 14.1. The van der Waals surface area contributed by atoms with Crippen molar-refractivity contribution in [3.8, 4) is 17.1 Å². The highest BCUT2D eigenvalue weighted by molar-refractivity contribution is 6.30. The molecule has 0 fully saturated rings. The predicted molar refractivity (Wildman–Crippen MR) is 114 cm³/mol. The van der Waals surface area contributed by atoms with Crippen molar-refractivity contribution in [1.82, 2.24) is 20.4 Å². The van der Waals surface area contributed by atoms with Crippen LogP contribution in [0, 0.1) is 0 Å². The summed E-state index contributed by atoms with van der Waals surface area (Å²) in [5.74, 6) is 1.55. The van der Waals surface area contributed by atoms with Gasteiger partial charge in [0.25, 0.3) is 5.89 Å². The first-order chi connectivity index (χ1) is 14.5. The molecular weight excluding hydrogens is 404 g/mol. The molecule has 154 valence electrons. The normalized spacial score (nSPS) is 16.6. The molecular formula is C22H21ClN4O3. The Morgan fingerprint density at radius 3 is 2.67 bits per heavy atom. The fourth-order valence-corrected chi connectivity index (χ4v) is 3.76. The lowest BCUT2D eigenvalue weighted by atomic mass is 9.94. The summed E-state index contributed by atoms with van der Waals surface area (Å²) in [7, 11) is 1.61. The molecule has 1 unspecified atom stereocenters. The average molecular weight is 425 g/mol. The van der Waals surface area contributed by atoms with Crippen molar-refractivity contribution in [2.75, 3.05) is 13.7 Å². The highest BCUT2D eigenvalue weighted by Gasteiger charge is 2.35. The topological polar surface area (TPSA) is 80.5 Å². The Kier molecular flexibility index (Phi) is 5.46. The van der Waals surface area contributed by atoms with Gasteiger partial charge in [-0.1, -0.05) is 28.9 Å². The second-order valence-electron chi connectivity index (χ2n) is 6.83. The molecule has 0 saturated heterocycles. The Labute approximate surface area is 179 Å². The van der Waals surface area contributed by atoms with E-state index in [4.69, 9.17) is 20.9 Å². The van der Waals surface area contributed by atoms with Gasteiger partial charge in [0.1, 0.15) is 5.75 Å². The number of hydrogen-bond acceptors (Lipinski definition) is 5. The number of rotatable bonds is 5. The zero-order chi connectivity index (χ0) is 21.3. The zero-order valence-electron chi connectivity index (χ0n) is 16.8. The fraction of sp³-hybridized carbons (Fsp3) is 0.227. The van der Waals surface area contributed by atoms with E-state index in [0.717, 1.165) is 28.1 Å². The quantitative estimate of drug-likeness (QED) is 0.629. The second-order valence-corrected chi connectivity index (χ2v) is 7.27. The smallest absolute Gasteiger partial charge is 0.322 e. The number of nitrogens with zero attached hydrogens (tertiary/aromatic N) is 3. The maximum absolute atomic E-state index is 12.6. The first-order valence-corrected chi connectivity index (χ1v) is 9.92. The molecule has 0 aliphatic carbocycles. The summed E-state index contributed by atoms with van der Waals surface area (Å²) >= 11 is 6.19. The Balaban J connectivity index is 1.79. The lowest BCUT2D eigenvalue weighted by Gasteiger charge is -2.34. The van der Waals surface area contributed by atoms with Gasteiger partial charge in [-0.05, 0) is 55.8 Å². The van der Waals surface area contributed by atoms with E-state index in [1.807, 2.05) is 56.3 Å². The van der Waals surface area contributed by atoms with Crippen molar-refractivity contribution in [3.63, 3.8) is 0 Å². The van der Waals surface area contributed by atoms with Crippen molar-refractivity contribution < 1.29 is 14.1 Å². The van der Waals surface area contributed by atoms with Crippen LogP contribution < -0.4 is 10.1 Å². The zero-order valence-corrected chi connectivity index (χ0v) is 17.6. The largest absolute Gasteiger partial charge is 0.497 e. The number of nitrogens with one attached hydrogen (secondary N) is 1. The first kappa shape index (κ1) is 20.0. The lowest BCUT2D eigenvalue weighted by Crippen LogP contribution is -2.45. The van der Waals surface area contributed by atoms with E-state index < -0.39 is 6.04 Å². The Hall–Kier alpha value is -3.32. The van der Waals surface area contributed by atoms with Gasteiger partial charge in [0.15, 0.2) is 0 Å². The maximum Gasteiger partial charge on any atom is 0.322 e. The molecule has 2 aromatic carbocycles. The van der Waals surface area contributed by atoms with E-state index >= 15 is 0 Å². The molecule has 30 heavy (non-hydrogen) atoms. The number of carbonyl (C=O) groups excluding carboxylic acids is 1. The number of carbonyl (C=O) groups is 1. The number of amides is 2. The van der Waals surface area contributed by atoms with Gasteiger partial charge in [-0.15, -0.1) is 0 Å². The van der Waals surface area contributed by atoms with E-state index in [2.05, 4.69) is 15.5 Å². The number of methoxy groups -OCH3 is 1. The minimum absolute atomic E-state index is 0.182. The highest BCUT2D eigenvalue weighted by atomic mass is 35.5. The molecule has 7 nitrogen and oxygen atoms in total. The van der Waals surface area contributed by atoms with Crippen molar-refractivity contribution in [3.05, 3.63) is 70.7 Å². The molecule has 0 saturated carbocycles. The second kappa shape index (κ2) is 8.20. The number of benzene rings is 2. The van der Waals surface area contributed by atoms with Gasteiger partial charge in [-0.3, -0.25) is 4.90 Å². The first-order valence-electron chi connectivity index (χ1n) is 9.54. The molecule has 0 spiro atoms. The Bertz CT molecular complexity index is 1110. The number of urea groups is 1. The van der Waals surface area contributed by atoms with Crippen LogP contribution in [0.2, 0.25) is 5.02 Å². The minimum Gasteiger partial charge on any atom is -0.497 e. The van der Waals surface area contributed by atoms with Crippen LogP contribution in [0.1, 0.15) is 31.3 Å². The van der Waals surface area contributed by atoms with Crippen LogP contribution in [0.15, 0.2) is 58.8 Å². The molecule has 0 radical (unpaired) electrons. The van der Waals surface area contributed by atoms with E-state index in [9.17, 15) is 4.79 Å². The SMILES string of the molecule is CCN1C(=O)NC(c2cccc(Cl)c2)C(c2nc(-c3ccc(OC)cc3)no2)=C1C. The van der Waals surface area contributed by atoms with Crippen LogP contribution in [0.4, 0.5) is 4.79 Å². The number of hydrogen-bond donors (Lipinski definition) is 1. The summed E-state index contributed by atoms with van der Waals surface area (Å²) in [5, 5.41) is 7.76. The van der Waals surface area contributed by atoms with Crippen LogP contribution >= 0.6 is 11.6 Å². The standard InChI is InChI=1S/C22H21ClN4O3/c1-4-27-13(2)18(19(24-22(27)28)15-6-5-7-16(23)12-15)21-25-20(26-30-21)14-8-10-17(29-3)11-9-14/h5-12,19H,4H2,1-3H3,(H,24,28). The van der Waals surface area contributed by atoms with Gasteiger partial charge < -0.3 is 14.6 Å². The Morgan fingerprint density at radius 1 is 1.23 bits per heavy atom. The van der Waals surface area contributed by atoms with Crippen LogP contribution in [0.5, 0.6) is 5.75 Å². The molecule has 1 aliphatic rings. The van der Waals surface area contributed by atoms with Crippen molar-refractivity contribution in [2.24, 2.45) is 0 Å². The summed E-state index contributed by atoms with van der Waals surface area (Å²) < 4.78 is 10.8. The highest BCUT2D eigenvalue weighted by Crippen LogP contribution is 2.37. The molecule has 3 aromatic rings. The van der Waals surface area contributed by atoms with Crippen molar-refractivity contribution in [2.45, 2.75) is 19.9 Å². The third-order valence-corrected chi connectivity index (χ3v) is 5.33. The lowest BCUT2D eigenvalue weighted by molar-refractivity contribution is 0.207.